The van der Waals surface area contributed by atoms with Crippen LogP contribution in [0.1, 0.15) is 22.8 Å². The summed E-state index contributed by atoms with van der Waals surface area (Å²) in [6.07, 6.45) is -1.03. The highest BCUT2D eigenvalue weighted by atomic mass is 19.1. The molecule has 0 aliphatic heterocycles. The van der Waals surface area contributed by atoms with Crippen molar-refractivity contribution in [3.05, 3.63) is 65.5 Å². The third-order valence-electron chi connectivity index (χ3n) is 3.44. The maximum Gasteiger partial charge on any atom is 0.326 e. The van der Waals surface area contributed by atoms with Crippen LogP contribution < -0.4 is 10.6 Å². The maximum atomic E-state index is 13.1. The zero-order chi connectivity index (χ0) is 19.1. The predicted molar refractivity (Wildman–Crippen MR) is 94.1 cm³/mol. The summed E-state index contributed by atoms with van der Waals surface area (Å²) in [5, 5.41) is 4.96. The number of hydrogen-bond acceptors (Lipinski definition) is 4. The molecule has 0 saturated carbocycles. The first-order valence-electron chi connectivity index (χ1n) is 7.96. The number of anilines is 1. The van der Waals surface area contributed by atoms with Crippen LogP contribution in [0.25, 0.3) is 0 Å². The second-order valence-electron chi connectivity index (χ2n) is 5.68. The van der Waals surface area contributed by atoms with Gasteiger partial charge in [-0.2, -0.15) is 0 Å². The molecule has 136 valence electrons. The van der Waals surface area contributed by atoms with Gasteiger partial charge in [0.05, 0.1) is 0 Å². The Balaban J connectivity index is 1.81. The molecule has 2 aromatic rings. The van der Waals surface area contributed by atoms with Crippen molar-refractivity contribution in [2.75, 3.05) is 11.9 Å². The minimum atomic E-state index is -1.03. The van der Waals surface area contributed by atoms with Crippen molar-refractivity contribution in [1.82, 2.24) is 5.32 Å². The number of rotatable bonds is 6. The van der Waals surface area contributed by atoms with Gasteiger partial charge in [0.15, 0.2) is 6.10 Å². The molecule has 0 radical (unpaired) electrons. The minimum absolute atomic E-state index is 0.0861. The Bertz CT molecular complexity index is 823. The second kappa shape index (κ2) is 8.75. The average Bonchev–Trinajstić information content (AvgIpc) is 2.59. The van der Waals surface area contributed by atoms with Gasteiger partial charge in [-0.3, -0.25) is 14.4 Å². The molecule has 7 heteroatoms. The summed E-state index contributed by atoms with van der Waals surface area (Å²) in [6.45, 7) is 2.88. The van der Waals surface area contributed by atoms with E-state index in [1.165, 1.54) is 25.1 Å². The van der Waals surface area contributed by atoms with E-state index in [1.54, 1.807) is 18.2 Å². The van der Waals surface area contributed by atoms with E-state index in [0.29, 0.717) is 5.69 Å². The highest BCUT2D eigenvalue weighted by Gasteiger charge is 2.18. The third-order valence-corrected chi connectivity index (χ3v) is 3.44. The van der Waals surface area contributed by atoms with Gasteiger partial charge in [0.1, 0.15) is 12.4 Å². The van der Waals surface area contributed by atoms with E-state index in [0.717, 1.165) is 11.6 Å². The van der Waals surface area contributed by atoms with Crippen molar-refractivity contribution in [3.8, 4) is 0 Å². The van der Waals surface area contributed by atoms with Gasteiger partial charge in [0, 0.05) is 11.3 Å². The second-order valence-corrected chi connectivity index (χ2v) is 5.68. The van der Waals surface area contributed by atoms with E-state index in [4.69, 9.17) is 4.74 Å². The molecule has 2 rings (SSSR count). The van der Waals surface area contributed by atoms with E-state index in [-0.39, 0.29) is 5.56 Å². The number of carbonyl (C=O) groups excluding carboxylic acids is 3. The summed E-state index contributed by atoms with van der Waals surface area (Å²) in [6, 6.07) is 12.3. The lowest BCUT2D eigenvalue weighted by molar-refractivity contribution is -0.152. The summed E-state index contributed by atoms with van der Waals surface area (Å²) in [5.74, 6) is -2.43. The Morgan fingerprint density at radius 3 is 2.54 bits per heavy atom. The molecular weight excluding hydrogens is 339 g/mol. The van der Waals surface area contributed by atoms with Crippen LogP contribution in [-0.2, 0) is 14.3 Å². The molecule has 0 unspecified atom stereocenters. The van der Waals surface area contributed by atoms with Gasteiger partial charge in [-0.15, -0.1) is 0 Å². The van der Waals surface area contributed by atoms with Crippen molar-refractivity contribution < 1.29 is 23.5 Å². The Labute approximate surface area is 150 Å². The largest absolute Gasteiger partial charge is 0.451 e. The smallest absolute Gasteiger partial charge is 0.326 e. The zero-order valence-corrected chi connectivity index (χ0v) is 14.4. The van der Waals surface area contributed by atoms with Crippen molar-refractivity contribution in [1.29, 1.82) is 0 Å². The van der Waals surface area contributed by atoms with Crippen LogP contribution in [0, 0.1) is 12.7 Å². The Hall–Kier alpha value is -3.22. The fourth-order valence-electron chi connectivity index (χ4n) is 2.14. The van der Waals surface area contributed by atoms with Crippen LogP contribution in [0.3, 0.4) is 0 Å². The number of hydrogen-bond donors (Lipinski definition) is 2. The first kappa shape index (κ1) is 19.1. The molecule has 0 spiro atoms. The standard InChI is InChI=1S/C19H19FN2O4/c1-12-5-3-8-16(9-12)22-18(24)13(2)26-17(23)11-21-19(25)14-6-4-7-15(20)10-14/h3-10,13H,11H2,1-2H3,(H,21,25)(H,22,24)/t13-/m0/s1. The molecule has 1 atom stereocenters. The molecular formula is C19H19FN2O4. The lowest BCUT2D eigenvalue weighted by Crippen LogP contribution is -2.35. The van der Waals surface area contributed by atoms with E-state index in [2.05, 4.69) is 10.6 Å². The van der Waals surface area contributed by atoms with E-state index in [1.807, 2.05) is 13.0 Å². The third kappa shape index (κ3) is 5.70. The Kier molecular flexibility index (Phi) is 6.43. The van der Waals surface area contributed by atoms with Gasteiger partial charge in [-0.05, 0) is 49.7 Å². The maximum absolute atomic E-state index is 13.1. The first-order valence-corrected chi connectivity index (χ1v) is 7.96. The fourth-order valence-corrected chi connectivity index (χ4v) is 2.14. The molecule has 0 heterocycles. The van der Waals surface area contributed by atoms with Gasteiger partial charge >= 0.3 is 5.97 Å². The highest BCUT2D eigenvalue weighted by molar-refractivity contribution is 5.97. The Morgan fingerprint density at radius 1 is 1.12 bits per heavy atom. The van der Waals surface area contributed by atoms with Crippen molar-refractivity contribution in [2.45, 2.75) is 20.0 Å². The zero-order valence-electron chi connectivity index (χ0n) is 14.4. The van der Waals surface area contributed by atoms with E-state index in [9.17, 15) is 18.8 Å². The Morgan fingerprint density at radius 2 is 1.85 bits per heavy atom. The molecule has 0 fully saturated rings. The van der Waals surface area contributed by atoms with Crippen LogP contribution in [0.5, 0.6) is 0 Å². The van der Waals surface area contributed by atoms with Crippen LogP contribution in [0.15, 0.2) is 48.5 Å². The van der Waals surface area contributed by atoms with Gasteiger partial charge in [-0.25, -0.2) is 4.39 Å². The fraction of sp³-hybridized carbons (Fsp3) is 0.211. The van der Waals surface area contributed by atoms with E-state index < -0.39 is 36.2 Å². The monoisotopic (exact) mass is 358 g/mol. The number of amides is 2. The SMILES string of the molecule is Cc1cccc(NC(=O)[C@H](C)OC(=O)CNC(=O)c2cccc(F)c2)c1. The minimum Gasteiger partial charge on any atom is -0.451 e. The summed E-state index contributed by atoms with van der Waals surface area (Å²) in [5.41, 5.74) is 1.66. The van der Waals surface area contributed by atoms with Crippen LogP contribution in [-0.4, -0.2) is 30.4 Å². The lowest BCUT2D eigenvalue weighted by Gasteiger charge is -2.14. The van der Waals surface area contributed by atoms with Gasteiger partial charge in [0.2, 0.25) is 0 Å². The molecule has 0 aromatic heterocycles. The number of benzene rings is 2. The predicted octanol–water partition coefficient (Wildman–Crippen LogP) is 2.43. The molecule has 0 bridgehead atoms. The van der Waals surface area contributed by atoms with Gasteiger partial charge in [0.25, 0.3) is 11.8 Å². The summed E-state index contributed by atoms with van der Waals surface area (Å²) in [7, 11) is 0. The summed E-state index contributed by atoms with van der Waals surface area (Å²) >= 11 is 0. The summed E-state index contributed by atoms with van der Waals surface area (Å²) in [4.78, 5) is 35.6. The average molecular weight is 358 g/mol. The number of aryl methyl sites for hydroxylation is 1. The molecule has 0 aliphatic carbocycles. The number of nitrogens with one attached hydrogen (secondary N) is 2. The number of halogens is 1. The topological polar surface area (TPSA) is 84.5 Å². The lowest BCUT2D eigenvalue weighted by atomic mass is 10.2. The van der Waals surface area contributed by atoms with E-state index >= 15 is 0 Å². The van der Waals surface area contributed by atoms with Crippen molar-refractivity contribution in [2.24, 2.45) is 0 Å². The molecule has 2 aromatic carbocycles. The molecule has 2 N–H and O–H groups in total. The first-order chi connectivity index (χ1) is 12.3. The molecule has 26 heavy (non-hydrogen) atoms. The number of ether oxygens (including phenoxy) is 1. The normalized spacial score (nSPS) is 11.3. The van der Waals surface area contributed by atoms with Crippen molar-refractivity contribution in [3.63, 3.8) is 0 Å². The molecule has 0 aliphatic rings. The van der Waals surface area contributed by atoms with Crippen LogP contribution in [0.4, 0.5) is 10.1 Å². The van der Waals surface area contributed by atoms with Gasteiger partial charge < -0.3 is 15.4 Å². The van der Waals surface area contributed by atoms with Crippen LogP contribution in [0.2, 0.25) is 0 Å². The molecule has 2 amide bonds. The number of esters is 1. The quantitative estimate of drug-likeness (QED) is 0.777. The molecule has 0 saturated heterocycles. The molecule has 6 nitrogen and oxygen atoms in total. The number of carbonyl (C=O) groups is 3. The van der Waals surface area contributed by atoms with Gasteiger partial charge in [-0.1, -0.05) is 18.2 Å². The van der Waals surface area contributed by atoms with Crippen LogP contribution >= 0.6 is 0 Å². The van der Waals surface area contributed by atoms with Crippen molar-refractivity contribution >= 4 is 23.5 Å². The summed E-state index contributed by atoms with van der Waals surface area (Å²) < 4.78 is 18.1. The highest BCUT2D eigenvalue weighted by Crippen LogP contribution is 2.10.